The second-order valence-corrected chi connectivity index (χ2v) is 2.78. The first kappa shape index (κ1) is 10.2. The second-order valence-electron chi connectivity index (χ2n) is 2.78. The molecule has 1 aliphatic carbocycles. The van der Waals surface area contributed by atoms with E-state index >= 15 is 0 Å². The van der Waals surface area contributed by atoms with Crippen molar-refractivity contribution in [2.24, 2.45) is 11.7 Å². The van der Waals surface area contributed by atoms with E-state index in [0.717, 1.165) is 25.7 Å². The summed E-state index contributed by atoms with van der Waals surface area (Å²) >= 11 is 0. The second kappa shape index (κ2) is 4.91. The zero-order valence-electron chi connectivity index (χ0n) is 6.05. The van der Waals surface area contributed by atoms with Crippen LogP contribution in [-0.4, -0.2) is 12.7 Å². The van der Waals surface area contributed by atoms with Crippen LogP contribution in [0.3, 0.4) is 0 Å². The number of rotatable bonds is 2. The summed E-state index contributed by atoms with van der Waals surface area (Å²) in [6, 6.07) is 0. The predicted molar refractivity (Wildman–Crippen MR) is 43.2 cm³/mol. The molecule has 0 aliphatic heterocycles. The fourth-order valence-electron chi connectivity index (χ4n) is 1.53. The highest BCUT2D eigenvalue weighted by atomic mass is 35.5. The third kappa shape index (κ3) is 2.43. The van der Waals surface area contributed by atoms with Crippen molar-refractivity contribution < 1.29 is 4.39 Å². The number of alkyl halides is 1. The van der Waals surface area contributed by atoms with Gasteiger partial charge in [-0.2, -0.15) is 0 Å². The van der Waals surface area contributed by atoms with Crippen molar-refractivity contribution in [1.29, 1.82) is 0 Å². The Hall–Kier alpha value is 0.180. The minimum atomic E-state index is -0.548. The van der Waals surface area contributed by atoms with Gasteiger partial charge >= 0.3 is 0 Å². The predicted octanol–water partition coefficient (Wildman–Crippen LogP) is 1.90. The monoisotopic (exact) mass is 167 g/mol. The van der Waals surface area contributed by atoms with Gasteiger partial charge in [-0.05, 0) is 31.7 Å². The molecule has 0 bridgehead atoms. The molecule has 0 radical (unpaired) electrons. The molecule has 0 aromatic heterocycles. The Morgan fingerprint density at radius 1 is 1.40 bits per heavy atom. The summed E-state index contributed by atoms with van der Waals surface area (Å²) in [5.41, 5.74) is 5.30. The van der Waals surface area contributed by atoms with E-state index in [4.69, 9.17) is 5.73 Å². The first-order valence-electron chi connectivity index (χ1n) is 3.68. The molecule has 1 fully saturated rings. The van der Waals surface area contributed by atoms with Gasteiger partial charge < -0.3 is 5.73 Å². The Balaban J connectivity index is 0.000000810. The number of nitrogens with two attached hydrogens (primary N) is 1. The molecule has 1 aliphatic rings. The van der Waals surface area contributed by atoms with E-state index in [-0.39, 0.29) is 18.3 Å². The van der Waals surface area contributed by atoms with Gasteiger partial charge in [0.25, 0.3) is 0 Å². The molecule has 0 aromatic carbocycles. The smallest absolute Gasteiger partial charge is 0.103 e. The lowest BCUT2D eigenvalue weighted by Gasteiger charge is -2.09. The zero-order valence-corrected chi connectivity index (χ0v) is 6.87. The molecule has 1 saturated carbocycles. The van der Waals surface area contributed by atoms with Crippen LogP contribution in [0.15, 0.2) is 0 Å². The number of hydrogen-bond acceptors (Lipinski definition) is 1. The summed E-state index contributed by atoms with van der Waals surface area (Å²) in [5, 5.41) is 0. The molecule has 1 nitrogen and oxygen atoms in total. The van der Waals surface area contributed by atoms with Crippen molar-refractivity contribution in [2.75, 3.05) is 6.54 Å². The Labute approximate surface area is 67.6 Å². The van der Waals surface area contributed by atoms with Gasteiger partial charge in [0.05, 0.1) is 0 Å². The number of hydrogen-bond donors (Lipinski definition) is 1. The molecule has 2 unspecified atom stereocenters. The molecule has 2 atom stereocenters. The topological polar surface area (TPSA) is 26.0 Å². The SMILES string of the molecule is Cl.NCCC1CCCC1F. The standard InChI is InChI=1S/C7H14FN.ClH/c8-7-3-1-2-6(7)4-5-9;/h6-7H,1-5,9H2;1H. The summed E-state index contributed by atoms with van der Waals surface area (Å²) in [6.45, 7) is 0.644. The van der Waals surface area contributed by atoms with Crippen LogP contribution in [0.25, 0.3) is 0 Å². The number of halogens is 2. The summed E-state index contributed by atoms with van der Waals surface area (Å²) in [5.74, 6) is 0.287. The lowest BCUT2D eigenvalue weighted by Crippen LogP contribution is -2.13. The van der Waals surface area contributed by atoms with Gasteiger partial charge in [0, 0.05) is 0 Å². The van der Waals surface area contributed by atoms with Crippen LogP contribution in [0.2, 0.25) is 0 Å². The molecule has 0 aromatic rings. The quantitative estimate of drug-likeness (QED) is 0.668. The maximum atomic E-state index is 12.7. The molecule has 0 saturated heterocycles. The molecule has 3 heteroatoms. The van der Waals surface area contributed by atoms with Crippen molar-refractivity contribution in [3.63, 3.8) is 0 Å². The van der Waals surface area contributed by atoms with Crippen molar-refractivity contribution in [3.05, 3.63) is 0 Å². The Morgan fingerprint density at radius 3 is 2.50 bits per heavy atom. The molecule has 2 N–H and O–H groups in total. The molecular weight excluding hydrogens is 153 g/mol. The Kier molecular flexibility index (Phi) is 5.00. The van der Waals surface area contributed by atoms with Crippen LogP contribution < -0.4 is 5.73 Å². The minimum Gasteiger partial charge on any atom is -0.330 e. The average Bonchev–Trinajstić information content (AvgIpc) is 2.18. The van der Waals surface area contributed by atoms with E-state index in [2.05, 4.69) is 0 Å². The van der Waals surface area contributed by atoms with E-state index in [1.807, 2.05) is 0 Å². The van der Waals surface area contributed by atoms with Gasteiger partial charge in [-0.3, -0.25) is 0 Å². The van der Waals surface area contributed by atoms with Crippen molar-refractivity contribution in [3.8, 4) is 0 Å². The third-order valence-electron chi connectivity index (χ3n) is 2.10. The average molecular weight is 168 g/mol. The molecule has 0 spiro atoms. The molecule has 0 amide bonds. The van der Waals surface area contributed by atoms with E-state index in [0.29, 0.717) is 6.54 Å². The largest absolute Gasteiger partial charge is 0.330 e. The van der Waals surface area contributed by atoms with E-state index in [9.17, 15) is 4.39 Å². The lowest BCUT2D eigenvalue weighted by molar-refractivity contribution is 0.254. The Bertz CT molecular complexity index is 89.7. The normalized spacial score (nSPS) is 31.8. The van der Waals surface area contributed by atoms with Gasteiger partial charge in [0.15, 0.2) is 0 Å². The molecule has 62 valence electrons. The molecule has 1 rings (SSSR count). The van der Waals surface area contributed by atoms with E-state index in [1.165, 1.54) is 0 Å². The van der Waals surface area contributed by atoms with Crippen LogP contribution in [0.4, 0.5) is 4.39 Å². The van der Waals surface area contributed by atoms with Crippen molar-refractivity contribution in [1.82, 2.24) is 0 Å². The van der Waals surface area contributed by atoms with Crippen LogP contribution in [0, 0.1) is 5.92 Å². The fourth-order valence-corrected chi connectivity index (χ4v) is 1.53. The highest BCUT2D eigenvalue weighted by Gasteiger charge is 2.25. The molecular formula is C7H15ClFN. The van der Waals surface area contributed by atoms with Gasteiger partial charge in [-0.15, -0.1) is 12.4 Å². The van der Waals surface area contributed by atoms with Gasteiger partial charge in [-0.25, -0.2) is 4.39 Å². The van der Waals surface area contributed by atoms with Crippen LogP contribution in [0.1, 0.15) is 25.7 Å². The Morgan fingerprint density at radius 2 is 2.10 bits per heavy atom. The lowest BCUT2D eigenvalue weighted by atomic mass is 10.0. The van der Waals surface area contributed by atoms with E-state index < -0.39 is 6.17 Å². The van der Waals surface area contributed by atoms with Crippen LogP contribution in [0.5, 0.6) is 0 Å². The summed E-state index contributed by atoms with van der Waals surface area (Å²) < 4.78 is 12.7. The summed E-state index contributed by atoms with van der Waals surface area (Å²) in [6.07, 6.45) is 3.21. The highest BCUT2D eigenvalue weighted by Crippen LogP contribution is 2.30. The van der Waals surface area contributed by atoms with Gasteiger partial charge in [0.1, 0.15) is 6.17 Å². The molecule has 0 heterocycles. The van der Waals surface area contributed by atoms with Crippen LogP contribution in [-0.2, 0) is 0 Å². The van der Waals surface area contributed by atoms with Crippen molar-refractivity contribution >= 4 is 12.4 Å². The molecule has 10 heavy (non-hydrogen) atoms. The minimum absolute atomic E-state index is 0. The summed E-state index contributed by atoms with van der Waals surface area (Å²) in [7, 11) is 0. The summed E-state index contributed by atoms with van der Waals surface area (Å²) in [4.78, 5) is 0. The maximum absolute atomic E-state index is 12.7. The maximum Gasteiger partial charge on any atom is 0.103 e. The fraction of sp³-hybridized carbons (Fsp3) is 1.00. The zero-order chi connectivity index (χ0) is 6.69. The third-order valence-corrected chi connectivity index (χ3v) is 2.10. The van der Waals surface area contributed by atoms with E-state index in [1.54, 1.807) is 0 Å². The van der Waals surface area contributed by atoms with Crippen LogP contribution >= 0.6 is 12.4 Å². The highest BCUT2D eigenvalue weighted by molar-refractivity contribution is 5.85. The van der Waals surface area contributed by atoms with Crippen molar-refractivity contribution in [2.45, 2.75) is 31.9 Å². The van der Waals surface area contributed by atoms with Gasteiger partial charge in [0.2, 0.25) is 0 Å². The first-order chi connectivity index (χ1) is 4.34. The first-order valence-corrected chi connectivity index (χ1v) is 3.68. The van der Waals surface area contributed by atoms with Gasteiger partial charge in [-0.1, -0.05) is 6.42 Å².